The van der Waals surface area contributed by atoms with Crippen LogP contribution in [0.3, 0.4) is 0 Å². The smallest absolute Gasteiger partial charge is 0.224 e. The molecule has 0 atom stereocenters. The first kappa shape index (κ1) is 19.0. The molecule has 0 aromatic carbocycles. The molecule has 2 aromatic heterocycles. The van der Waals surface area contributed by atoms with E-state index in [1.807, 2.05) is 6.20 Å². The summed E-state index contributed by atoms with van der Waals surface area (Å²) in [5, 5.41) is 11.7. The highest BCUT2D eigenvalue weighted by atomic mass is 32.2. The van der Waals surface area contributed by atoms with Crippen LogP contribution in [0, 0.1) is 5.92 Å². The van der Waals surface area contributed by atoms with Gasteiger partial charge in [-0.15, -0.1) is 0 Å². The van der Waals surface area contributed by atoms with Gasteiger partial charge in [0.1, 0.15) is 0 Å². The molecule has 3 N–H and O–H groups in total. The summed E-state index contributed by atoms with van der Waals surface area (Å²) in [6.07, 6.45) is 6.16. The van der Waals surface area contributed by atoms with Gasteiger partial charge in [0.2, 0.25) is 16.0 Å². The molecule has 2 aromatic rings. The first-order valence-corrected chi connectivity index (χ1v) is 11.0. The molecule has 3 rings (SSSR count). The lowest BCUT2D eigenvalue weighted by molar-refractivity contribution is 0.386. The third-order valence-electron chi connectivity index (χ3n) is 4.79. The number of rotatable bonds is 7. The van der Waals surface area contributed by atoms with E-state index in [0.29, 0.717) is 17.5 Å². The minimum atomic E-state index is -3.13. The van der Waals surface area contributed by atoms with Crippen LogP contribution in [0.25, 0.3) is 11.0 Å². The predicted molar refractivity (Wildman–Crippen MR) is 102 cm³/mol. The van der Waals surface area contributed by atoms with Crippen molar-refractivity contribution in [2.24, 2.45) is 5.92 Å². The summed E-state index contributed by atoms with van der Waals surface area (Å²) in [6, 6.07) is 0.287. The third kappa shape index (κ3) is 4.70. The van der Waals surface area contributed by atoms with Crippen molar-refractivity contribution in [3.63, 3.8) is 0 Å². The molecule has 26 heavy (non-hydrogen) atoms. The zero-order chi connectivity index (χ0) is 18.7. The number of nitrogens with one attached hydrogen (secondary N) is 3. The number of H-pyrrole nitrogens is 1. The van der Waals surface area contributed by atoms with E-state index in [-0.39, 0.29) is 17.8 Å². The lowest BCUT2D eigenvalue weighted by atomic mass is 9.92. The molecular weight excluding hydrogens is 352 g/mol. The van der Waals surface area contributed by atoms with Gasteiger partial charge in [0, 0.05) is 24.0 Å². The van der Waals surface area contributed by atoms with Crippen LogP contribution in [0.4, 0.5) is 5.95 Å². The number of aromatic nitrogens is 4. The monoisotopic (exact) mass is 380 g/mol. The van der Waals surface area contributed by atoms with E-state index in [4.69, 9.17) is 0 Å². The normalized spacial score (nSPS) is 21.4. The number of hydrogen-bond acceptors (Lipinski definition) is 6. The second-order valence-corrected chi connectivity index (χ2v) is 9.49. The van der Waals surface area contributed by atoms with E-state index >= 15 is 0 Å². The summed E-state index contributed by atoms with van der Waals surface area (Å²) < 4.78 is 26.1. The fraction of sp³-hybridized carbons (Fsp3) is 0.706. The zero-order valence-electron chi connectivity index (χ0n) is 15.6. The van der Waals surface area contributed by atoms with Gasteiger partial charge in [-0.1, -0.05) is 13.8 Å². The van der Waals surface area contributed by atoms with Gasteiger partial charge in [0.05, 0.1) is 11.1 Å². The van der Waals surface area contributed by atoms with Crippen LogP contribution >= 0.6 is 0 Å². The van der Waals surface area contributed by atoms with Crippen LogP contribution in [-0.2, 0) is 16.4 Å². The first-order chi connectivity index (χ1) is 12.4. The number of anilines is 1. The van der Waals surface area contributed by atoms with Crippen LogP contribution in [0.15, 0.2) is 6.20 Å². The Balaban J connectivity index is 1.58. The number of aromatic amines is 1. The van der Waals surface area contributed by atoms with Crippen molar-refractivity contribution in [2.75, 3.05) is 11.1 Å². The number of sulfonamides is 1. The molecule has 0 radical (unpaired) electrons. The molecule has 1 aliphatic rings. The van der Waals surface area contributed by atoms with Crippen LogP contribution in [0.2, 0.25) is 0 Å². The predicted octanol–water partition coefficient (Wildman–Crippen LogP) is 2.21. The summed E-state index contributed by atoms with van der Waals surface area (Å²) in [5.41, 5.74) is 1.76. The second-order valence-electron chi connectivity index (χ2n) is 7.45. The van der Waals surface area contributed by atoms with Gasteiger partial charge in [-0.25, -0.2) is 18.1 Å². The summed E-state index contributed by atoms with van der Waals surface area (Å²) in [6.45, 7) is 5.99. The topological polar surface area (TPSA) is 113 Å². The maximum Gasteiger partial charge on any atom is 0.224 e. The molecule has 0 aliphatic heterocycles. The molecule has 1 aliphatic carbocycles. The average Bonchev–Trinajstić information content (AvgIpc) is 2.98. The maximum atomic E-state index is 11.7. The van der Waals surface area contributed by atoms with Gasteiger partial charge in [0.25, 0.3) is 0 Å². The largest absolute Gasteiger partial charge is 0.351 e. The van der Waals surface area contributed by atoms with E-state index in [0.717, 1.165) is 43.2 Å². The first-order valence-electron chi connectivity index (χ1n) is 9.32. The van der Waals surface area contributed by atoms with E-state index < -0.39 is 10.0 Å². The minimum Gasteiger partial charge on any atom is -0.351 e. The third-order valence-corrected chi connectivity index (χ3v) is 6.24. The number of nitrogens with zero attached hydrogens (tertiary/aromatic N) is 3. The Hall–Kier alpha value is -1.74. The van der Waals surface area contributed by atoms with E-state index in [1.165, 1.54) is 0 Å². The van der Waals surface area contributed by atoms with Crippen molar-refractivity contribution < 1.29 is 8.42 Å². The van der Waals surface area contributed by atoms with Gasteiger partial charge in [0.15, 0.2) is 5.65 Å². The summed E-state index contributed by atoms with van der Waals surface area (Å²) in [7, 11) is -3.13. The van der Waals surface area contributed by atoms with Crippen molar-refractivity contribution in [1.29, 1.82) is 0 Å². The molecule has 2 heterocycles. The van der Waals surface area contributed by atoms with Gasteiger partial charge in [-0.2, -0.15) is 10.1 Å². The molecule has 1 fully saturated rings. The maximum absolute atomic E-state index is 11.7. The number of fused-ring (bicyclic) bond motifs is 1. The van der Waals surface area contributed by atoms with Crippen molar-refractivity contribution in [3.8, 4) is 0 Å². The molecule has 144 valence electrons. The Morgan fingerprint density at radius 2 is 1.92 bits per heavy atom. The Morgan fingerprint density at radius 3 is 2.58 bits per heavy atom. The molecule has 8 nitrogen and oxygen atoms in total. The lowest BCUT2D eigenvalue weighted by Gasteiger charge is -2.29. The highest BCUT2D eigenvalue weighted by Gasteiger charge is 2.24. The molecular formula is C17H28N6O2S. The minimum absolute atomic E-state index is 0.0336. The molecule has 0 saturated heterocycles. The number of hydrogen-bond donors (Lipinski definition) is 3. The van der Waals surface area contributed by atoms with Crippen LogP contribution in [-0.4, -0.2) is 46.4 Å². The van der Waals surface area contributed by atoms with Crippen LogP contribution in [0.1, 0.15) is 52.1 Å². The zero-order valence-corrected chi connectivity index (χ0v) is 16.4. The molecule has 9 heteroatoms. The van der Waals surface area contributed by atoms with Crippen molar-refractivity contribution in [1.82, 2.24) is 24.9 Å². The van der Waals surface area contributed by atoms with Crippen LogP contribution < -0.4 is 10.0 Å². The van der Waals surface area contributed by atoms with Crippen molar-refractivity contribution in [3.05, 3.63) is 11.9 Å². The standard InChI is InChI=1S/C17H28N6O2S/c1-4-26(24,25)23-13-7-5-12(6-8-13)19-17-18-10-14-15(9-11(2)3)21-22-16(14)20-17/h10-13,23H,4-9H2,1-3H3,(H2,18,19,20,21,22). The van der Waals surface area contributed by atoms with Crippen molar-refractivity contribution in [2.45, 2.75) is 65.0 Å². The summed E-state index contributed by atoms with van der Waals surface area (Å²) >= 11 is 0. The highest BCUT2D eigenvalue weighted by Crippen LogP contribution is 2.23. The fourth-order valence-corrected chi connectivity index (χ4v) is 4.27. The highest BCUT2D eigenvalue weighted by molar-refractivity contribution is 7.89. The van der Waals surface area contributed by atoms with Gasteiger partial charge >= 0.3 is 0 Å². The molecule has 1 saturated carbocycles. The SMILES string of the molecule is CCS(=O)(=O)NC1CCC(Nc2ncc3c(CC(C)C)[nH]nc3n2)CC1. The van der Waals surface area contributed by atoms with Crippen molar-refractivity contribution >= 4 is 27.0 Å². The Kier molecular flexibility index (Phi) is 5.76. The van der Waals surface area contributed by atoms with Gasteiger partial charge < -0.3 is 5.32 Å². The summed E-state index contributed by atoms with van der Waals surface area (Å²) in [4.78, 5) is 8.95. The van der Waals surface area contributed by atoms with Gasteiger partial charge in [-0.3, -0.25) is 5.10 Å². The average molecular weight is 381 g/mol. The Labute approximate surface area is 154 Å². The fourth-order valence-electron chi connectivity index (χ4n) is 3.36. The molecule has 0 spiro atoms. The summed E-state index contributed by atoms with van der Waals surface area (Å²) in [5.74, 6) is 1.25. The van der Waals surface area contributed by atoms with Gasteiger partial charge in [-0.05, 0) is 44.9 Å². The second kappa shape index (κ2) is 7.87. The Morgan fingerprint density at radius 1 is 1.23 bits per heavy atom. The molecule has 0 bridgehead atoms. The molecule has 0 unspecified atom stereocenters. The van der Waals surface area contributed by atoms with Crippen LogP contribution in [0.5, 0.6) is 0 Å². The quantitative estimate of drug-likeness (QED) is 0.679. The molecule has 0 amide bonds. The van der Waals surface area contributed by atoms with E-state index in [1.54, 1.807) is 6.92 Å². The van der Waals surface area contributed by atoms with E-state index in [9.17, 15) is 8.42 Å². The lowest BCUT2D eigenvalue weighted by Crippen LogP contribution is -2.40. The van der Waals surface area contributed by atoms with E-state index in [2.05, 4.69) is 44.1 Å². The Bertz CT molecular complexity index is 840.